The van der Waals surface area contributed by atoms with Gasteiger partial charge in [-0.1, -0.05) is 24.2 Å². The van der Waals surface area contributed by atoms with Crippen LogP contribution in [0.2, 0.25) is 5.02 Å². The molecule has 172 valence electrons. The topological polar surface area (TPSA) is 56.6 Å². The van der Waals surface area contributed by atoms with Gasteiger partial charge < -0.3 is 15.1 Å². The van der Waals surface area contributed by atoms with Gasteiger partial charge in [-0.15, -0.1) is 5.10 Å². The normalized spacial score (nSPS) is 18.1. The van der Waals surface area contributed by atoms with Crippen molar-refractivity contribution in [3.05, 3.63) is 53.3 Å². The van der Waals surface area contributed by atoms with Gasteiger partial charge in [-0.25, -0.2) is 9.18 Å². The first-order chi connectivity index (χ1) is 15.4. The SMILES string of the molecule is C=C(C)Nc1ccn(C(=O)N2CCN(Cc3ccc(Cl)cc3N3CCC(F)CC3)CC2)n1. The lowest BCUT2D eigenvalue weighted by Gasteiger charge is -2.36. The minimum atomic E-state index is -0.707. The lowest BCUT2D eigenvalue weighted by molar-refractivity contribution is 0.134. The van der Waals surface area contributed by atoms with Crippen molar-refractivity contribution >= 4 is 29.1 Å². The van der Waals surface area contributed by atoms with Crippen molar-refractivity contribution in [2.75, 3.05) is 49.5 Å². The van der Waals surface area contributed by atoms with E-state index < -0.39 is 6.17 Å². The van der Waals surface area contributed by atoms with Gasteiger partial charge in [0.25, 0.3) is 0 Å². The molecule has 3 heterocycles. The summed E-state index contributed by atoms with van der Waals surface area (Å²) in [6.45, 7) is 10.7. The highest BCUT2D eigenvalue weighted by molar-refractivity contribution is 6.30. The molecule has 2 aliphatic rings. The molecule has 0 bridgehead atoms. The molecule has 0 unspecified atom stereocenters. The number of nitrogens with zero attached hydrogens (tertiary/aromatic N) is 5. The van der Waals surface area contributed by atoms with Gasteiger partial charge >= 0.3 is 6.03 Å². The summed E-state index contributed by atoms with van der Waals surface area (Å²) < 4.78 is 15.0. The Labute approximate surface area is 193 Å². The largest absolute Gasteiger partial charge is 0.371 e. The first-order valence-corrected chi connectivity index (χ1v) is 11.4. The molecular formula is C23H30ClFN6O. The summed E-state index contributed by atoms with van der Waals surface area (Å²) in [5, 5.41) is 8.00. The standard InChI is InChI=1S/C23H30ClFN6O/c1-17(2)26-22-7-10-31(27-22)23(32)30-13-11-28(12-14-30)16-18-3-4-19(24)15-21(18)29-8-5-20(25)6-9-29/h3-4,7,10,15,20H,1,5-6,8-9,11-14,16H2,2H3,(H,26,27). The summed E-state index contributed by atoms with van der Waals surface area (Å²) in [7, 11) is 0. The van der Waals surface area contributed by atoms with Crippen LogP contribution in [-0.4, -0.2) is 71.1 Å². The van der Waals surface area contributed by atoms with Crippen LogP contribution in [0.25, 0.3) is 0 Å². The number of benzene rings is 1. The number of allylic oxidation sites excluding steroid dienone is 1. The van der Waals surface area contributed by atoms with Gasteiger partial charge in [0, 0.05) is 74.5 Å². The molecule has 1 amide bonds. The minimum absolute atomic E-state index is 0.124. The highest BCUT2D eigenvalue weighted by Crippen LogP contribution is 2.29. The third-order valence-electron chi connectivity index (χ3n) is 5.98. The number of carbonyl (C=O) groups is 1. The number of hydrogen-bond acceptors (Lipinski definition) is 5. The molecule has 0 atom stereocenters. The van der Waals surface area contributed by atoms with Gasteiger partial charge in [0.2, 0.25) is 0 Å². The van der Waals surface area contributed by atoms with E-state index in [4.69, 9.17) is 11.6 Å². The second-order valence-corrected chi connectivity index (χ2v) is 8.97. The molecule has 0 radical (unpaired) electrons. The first-order valence-electron chi connectivity index (χ1n) is 11.1. The fraction of sp³-hybridized carbons (Fsp3) is 0.478. The number of carbonyl (C=O) groups excluding carboxylic acids is 1. The third-order valence-corrected chi connectivity index (χ3v) is 6.21. The monoisotopic (exact) mass is 460 g/mol. The van der Waals surface area contributed by atoms with E-state index in [1.54, 1.807) is 12.3 Å². The highest BCUT2D eigenvalue weighted by Gasteiger charge is 2.25. The Hall–Kier alpha value is -2.58. The van der Waals surface area contributed by atoms with Crippen LogP contribution in [0.15, 0.2) is 42.7 Å². The van der Waals surface area contributed by atoms with Crippen molar-refractivity contribution in [2.45, 2.75) is 32.5 Å². The van der Waals surface area contributed by atoms with E-state index in [1.165, 1.54) is 10.2 Å². The Morgan fingerprint density at radius 3 is 2.59 bits per heavy atom. The molecule has 9 heteroatoms. The predicted octanol–water partition coefficient (Wildman–Crippen LogP) is 4.21. The van der Waals surface area contributed by atoms with E-state index >= 15 is 0 Å². The quantitative estimate of drug-likeness (QED) is 0.724. The van der Waals surface area contributed by atoms with Crippen LogP contribution in [0.4, 0.5) is 20.7 Å². The molecule has 2 aromatic rings. The number of rotatable bonds is 5. The summed E-state index contributed by atoms with van der Waals surface area (Å²) in [6, 6.07) is 7.60. The lowest BCUT2D eigenvalue weighted by Crippen LogP contribution is -2.49. The zero-order valence-corrected chi connectivity index (χ0v) is 19.2. The maximum Gasteiger partial charge on any atom is 0.344 e. The lowest BCUT2D eigenvalue weighted by atomic mass is 10.1. The molecule has 0 aliphatic carbocycles. The molecule has 1 aromatic heterocycles. The maximum atomic E-state index is 13.6. The Kier molecular flexibility index (Phi) is 7.01. The van der Waals surface area contributed by atoms with Gasteiger partial charge in [-0.05, 0) is 37.5 Å². The van der Waals surface area contributed by atoms with Gasteiger partial charge in [0.1, 0.15) is 6.17 Å². The molecular weight excluding hydrogens is 431 g/mol. The molecule has 32 heavy (non-hydrogen) atoms. The van der Waals surface area contributed by atoms with E-state index in [2.05, 4.69) is 32.9 Å². The number of amides is 1. The molecule has 2 aliphatic heterocycles. The summed E-state index contributed by atoms with van der Waals surface area (Å²) >= 11 is 6.27. The van der Waals surface area contributed by atoms with Crippen molar-refractivity contribution in [2.24, 2.45) is 0 Å². The molecule has 0 saturated carbocycles. The number of piperazine rings is 1. The van der Waals surface area contributed by atoms with Gasteiger partial charge in [0.05, 0.1) is 0 Å². The molecule has 2 saturated heterocycles. The molecule has 1 N–H and O–H groups in total. The number of hydrogen-bond donors (Lipinski definition) is 1. The minimum Gasteiger partial charge on any atom is -0.371 e. The van der Waals surface area contributed by atoms with E-state index in [0.717, 1.165) is 31.0 Å². The molecule has 7 nitrogen and oxygen atoms in total. The second-order valence-electron chi connectivity index (χ2n) is 8.53. The molecule has 4 rings (SSSR count). The van der Waals surface area contributed by atoms with Crippen molar-refractivity contribution in [1.82, 2.24) is 19.6 Å². The smallest absolute Gasteiger partial charge is 0.344 e. The average Bonchev–Trinajstić information content (AvgIpc) is 3.23. The van der Waals surface area contributed by atoms with Crippen LogP contribution in [0.1, 0.15) is 25.3 Å². The van der Waals surface area contributed by atoms with Crippen molar-refractivity contribution in [1.29, 1.82) is 0 Å². The Balaban J connectivity index is 1.35. The van der Waals surface area contributed by atoms with E-state index in [9.17, 15) is 9.18 Å². The van der Waals surface area contributed by atoms with Crippen LogP contribution in [0.3, 0.4) is 0 Å². The van der Waals surface area contributed by atoms with E-state index in [1.807, 2.05) is 24.0 Å². The fourth-order valence-corrected chi connectivity index (χ4v) is 4.42. The zero-order valence-electron chi connectivity index (χ0n) is 18.4. The molecule has 0 spiro atoms. The summed E-state index contributed by atoms with van der Waals surface area (Å²) in [6.07, 6.45) is 2.08. The van der Waals surface area contributed by atoms with Crippen molar-refractivity contribution in [3.8, 4) is 0 Å². The number of anilines is 2. The van der Waals surface area contributed by atoms with Crippen LogP contribution < -0.4 is 10.2 Å². The van der Waals surface area contributed by atoms with Gasteiger partial charge in [-0.3, -0.25) is 4.90 Å². The van der Waals surface area contributed by atoms with E-state index in [0.29, 0.717) is 49.9 Å². The summed E-state index contributed by atoms with van der Waals surface area (Å²) in [4.78, 5) is 19.2. The van der Waals surface area contributed by atoms with Gasteiger partial charge in [0.15, 0.2) is 5.82 Å². The van der Waals surface area contributed by atoms with Crippen LogP contribution in [0.5, 0.6) is 0 Å². The van der Waals surface area contributed by atoms with E-state index in [-0.39, 0.29) is 6.03 Å². The Morgan fingerprint density at radius 1 is 1.19 bits per heavy atom. The fourth-order valence-electron chi connectivity index (χ4n) is 4.25. The van der Waals surface area contributed by atoms with Crippen molar-refractivity contribution < 1.29 is 9.18 Å². The van der Waals surface area contributed by atoms with Gasteiger partial charge in [-0.2, -0.15) is 4.68 Å². The maximum absolute atomic E-state index is 13.6. The first kappa shape index (κ1) is 22.6. The number of aromatic nitrogens is 2. The molecule has 1 aromatic carbocycles. The Morgan fingerprint density at radius 2 is 1.91 bits per heavy atom. The van der Waals surface area contributed by atoms with Crippen molar-refractivity contribution in [3.63, 3.8) is 0 Å². The molecule has 2 fully saturated rings. The Bertz CT molecular complexity index is 963. The number of halogens is 2. The van der Waals surface area contributed by atoms with Crippen LogP contribution >= 0.6 is 11.6 Å². The number of alkyl halides is 1. The summed E-state index contributed by atoms with van der Waals surface area (Å²) in [5.41, 5.74) is 3.05. The third kappa shape index (κ3) is 5.42. The average molecular weight is 461 g/mol. The summed E-state index contributed by atoms with van der Waals surface area (Å²) in [5.74, 6) is 0.608. The highest BCUT2D eigenvalue weighted by atomic mass is 35.5. The predicted molar refractivity (Wildman–Crippen MR) is 126 cm³/mol. The van der Waals surface area contributed by atoms with Crippen LogP contribution in [-0.2, 0) is 6.54 Å². The number of nitrogens with one attached hydrogen (secondary N) is 1. The number of piperidine rings is 1. The van der Waals surface area contributed by atoms with Crippen LogP contribution in [0, 0.1) is 0 Å². The zero-order chi connectivity index (χ0) is 22.7. The second kappa shape index (κ2) is 9.92.